The minimum atomic E-state index is -0.968. The average Bonchev–Trinajstić information content (AvgIpc) is 1.38. The molecule has 0 spiro atoms. The third-order valence-electron chi connectivity index (χ3n) is 0.175. The fraction of sp³-hybridized carbons (Fsp3) is 0.500. The molecule has 0 saturated carbocycles. The van der Waals surface area contributed by atoms with Crippen molar-refractivity contribution in [2.24, 2.45) is 5.73 Å². The van der Waals surface area contributed by atoms with E-state index in [-0.39, 0.29) is 40.7 Å². The molecule has 0 fully saturated rings. The minimum Gasteiger partial charge on any atom is -0.480 e. The Labute approximate surface area is 62.6 Å². The molecule has 0 aromatic rings. The molecule has 0 aliphatic rings. The Hall–Kier alpha value is 0.469. The van der Waals surface area contributed by atoms with Crippen LogP contribution >= 0.6 is 0 Å². The van der Waals surface area contributed by atoms with Gasteiger partial charge in [0.1, 0.15) is 0 Å². The van der Waals surface area contributed by atoms with Gasteiger partial charge in [-0.05, 0) is 0 Å². The smallest absolute Gasteiger partial charge is 0.317 e. The molecule has 0 heterocycles. The first kappa shape index (κ1) is 15.7. The van der Waals surface area contributed by atoms with E-state index in [9.17, 15) is 4.79 Å². The summed E-state index contributed by atoms with van der Waals surface area (Å²) in [4.78, 5) is 9.24. The fourth-order valence-corrected chi connectivity index (χ4v) is 0. The molecule has 0 atom stereocenters. The number of aliphatic carboxylic acids is 1. The van der Waals surface area contributed by atoms with E-state index in [1.807, 2.05) is 0 Å². The van der Waals surface area contributed by atoms with E-state index in [2.05, 4.69) is 5.73 Å². The van der Waals surface area contributed by atoms with Gasteiger partial charge in [-0.2, -0.15) is 0 Å². The van der Waals surface area contributed by atoms with Crippen molar-refractivity contribution in [2.75, 3.05) is 6.54 Å². The number of hydrogen-bond donors (Lipinski definition) is 2. The van der Waals surface area contributed by atoms with Crippen LogP contribution in [0.5, 0.6) is 0 Å². The van der Waals surface area contributed by atoms with Crippen molar-refractivity contribution in [3.05, 3.63) is 0 Å². The summed E-state index contributed by atoms with van der Waals surface area (Å²) < 4.78 is 0. The van der Waals surface area contributed by atoms with E-state index in [1.165, 1.54) is 0 Å². The van der Waals surface area contributed by atoms with Crippen LogP contribution in [-0.2, 0) is 38.9 Å². The zero-order valence-electron chi connectivity index (χ0n) is 3.24. The molecule has 7 heavy (non-hydrogen) atoms. The van der Waals surface area contributed by atoms with Crippen molar-refractivity contribution >= 4 is 5.97 Å². The van der Waals surface area contributed by atoms with Gasteiger partial charge < -0.3 is 10.8 Å². The molecule has 0 rings (SSSR count). The monoisotopic (exact) mass is 201 g/mol. The molecule has 0 aromatic heterocycles. The first-order chi connectivity index (χ1) is 2.27. The molecule has 5 heteroatoms. The Kier molecular flexibility index (Phi) is 21.7. The van der Waals surface area contributed by atoms with Gasteiger partial charge in [-0.3, -0.25) is 4.79 Å². The molecular weight excluding hydrogens is 197 g/mol. The van der Waals surface area contributed by atoms with Gasteiger partial charge in [0, 0.05) is 34.1 Å². The molecule has 0 aliphatic carbocycles. The summed E-state index contributed by atoms with van der Waals surface area (Å²) in [5.41, 5.74) is 4.57. The van der Waals surface area contributed by atoms with Crippen molar-refractivity contribution < 1.29 is 44.0 Å². The van der Waals surface area contributed by atoms with Gasteiger partial charge in [-0.25, -0.2) is 0 Å². The maximum atomic E-state index is 9.24. The zero-order valence-corrected chi connectivity index (χ0v) is 5.13. The average molecular weight is 202 g/mol. The summed E-state index contributed by atoms with van der Waals surface area (Å²) in [5.74, 6) is -0.968. The molecule has 0 aliphatic heterocycles. The third kappa shape index (κ3) is 21.2. The van der Waals surface area contributed by atoms with Crippen LogP contribution in [0.15, 0.2) is 0 Å². The van der Waals surface area contributed by atoms with Gasteiger partial charge in [-0.15, -0.1) is 0 Å². The van der Waals surface area contributed by atoms with Crippen molar-refractivity contribution in [1.29, 1.82) is 0 Å². The number of rotatable bonds is 1. The zero-order chi connectivity index (χ0) is 4.28. The van der Waals surface area contributed by atoms with Crippen LogP contribution in [0.4, 0.5) is 0 Å². The van der Waals surface area contributed by atoms with E-state index in [0.717, 1.165) is 0 Å². The topological polar surface area (TPSA) is 63.3 Å². The van der Waals surface area contributed by atoms with E-state index >= 15 is 0 Å². The van der Waals surface area contributed by atoms with Gasteiger partial charge in [0.05, 0.1) is 6.54 Å². The number of carbonyl (C=O) groups is 1. The van der Waals surface area contributed by atoms with Crippen LogP contribution in [0.2, 0.25) is 0 Å². The SMILES string of the molecule is NCC(=O)O.[Cu].[Cu]. The molecule has 2 radical (unpaired) electrons. The molecular formula is C2H5Cu2NO2. The molecule has 0 amide bonds. The summed E-state index contributed by atoms with van der Waals surface area (Å²) in [6.07, 6.45) is 0. The fourth-order valence-electron chi connectivity index (χ4n) is 0. The Morgan fingerprint density at radius 2 is 1.71 bits per heavy atom. The maximum Gasteiger partial charge on any atom is 0.317 e. The van der Waals surface area contributed by atoms with E-state index < -0.39 is 5.97 Å². The normalized spacial score (nSPS) is 5.29. The van der Waals surface area contributed by atoms with Gasteiger partial charge in [0.2, 0.25) is 0 Å². The number of carboxylic acids is 1. The quantitative estimate of drug-likeness (QED) is 0.537. The van der Waals surface area contributed by atoms with Gasteiger partial charge in [0.15, 0.2) is 0 Å². The molecule has 0 saturated heterocycles. The number of carboxylic acid groups (broad SMARTS) is 1. The van der Waals surface area contributed by atoms with Crippen LogP contribution < -0.4 is 5.73 Å². The molecule has 0 aromatic carbocycles. The predicted molar refractivity (Wildman–Crippen MR) is 16.7 cm³/mol. The van der Waals surface area contributed by atoms with Crippen LogP contribution in [0.25, 0.3) is 0 Å². The summed E-state index contributed by atoms with van der Waals surface area (Å²) in [5, 5.41) is 7.60. The van der Waals surface area contributed by atoms with Gasteiger partial charge in [0.25, 0.3) is 0 Å². The van der Waals surface area contributed by atoms with Gasteiger partial charge >= 0.3 is 5.97 Å². The van der Waals surface area contributed by atoms with E-state index in [1.54, 1.807) is 0 Å². The summed E-state index contributed by atoms with van der Waals surface area (Å²) in [6.45, 7) is -0.278. The largest absolute Gasteiger partial charge is 0.480 e. The Morgan fingerprint density at radius 3 is 1.71 bits per heavy atom. The van der Waals surface area contributed by atoms with Crippen LogP contribution in [0.3, 0.4) is 0 Å². The third-order valence-corrected chi connectivity index (χ3v) is 0.175. The summed E-state index contributed by atoms with van der Waals surface area (Å²) in [7, 11) is 0. The Morgan fingerprint density at radius 1 is 1.57 bits per heavy atom. The Balaban J connectivity index is -0.0000000800. The molecule has 3 N–H and O–H groups in total. The van der Waals surface area contributed by atoms with Crippen molar-refractivity contribution in [3.8, 4) is 0 Å². The van der Waals surface area contributed by atoms with Crippen molar-refractivity contribution in [1.82, 2.24) is 0 Å². The minimum absolute atomic E-state index is 0. The maximum absolute atomic E-state index is 9.24. The van der Waals surface area contributed by atoms with E-state index in [4.69, 9.17) is 5.11 Å². The number of nitrogens with two attached hydrogens (primary N) is 1. The van der Waals surface area contributed by atoms with Crippen molar-refractivity contribution in [2.45, 2.75) is 0 Å². The van der Waals surface area contributed by atoms with Crippen LogP contribution in [-0.4, -0.2) is 17.6 Å². The first-order valence-electron chi connectivity index (χ1n) is 1.19. The van der Waals surface area contributed by atoms with E-state index in [0.29, 0.717) is 0 Å². The van der Waals surface area contributed by atoms with Crippen molar-refractivity contribution in [3.63, 3.8) is 0 Å². The first-order valence-corrected chi connectivity index (χ1v) is 1.19. The summed E-state index contributed by atoms with van der Waals surface area (Å²) >= 11 is 0. The second kappa shape index (κ2) is 9.69. The number of hydrogen-bond acceptors (Lipinski definition) is 2. The summed E-state index contributed by atoms with van der Waals surface area (Å²) in [6, 6.07) is 0. The van der Waals surface area contributed by atoms with Crippen LogP contribution in [0, 0.1) is 0 Å². The van der Waals surface area contributed by atoms with Crippen LogP contribution in [0.1, 0.15) is 0 Å². The second-order valence-corrected chi connectivity index (χ2v) is 0.598. The molecule has 3 nitrogen and oxygen atoms in total. The molecule has 52 valence electrons. The predicted octanol–water partition coefficient (Wildman–Crippen LogP) is -0.975. The second-order valence-electron chi connectivity index (χ2n) is 0.598. The molecule has 0 unspecified atom stereocenters. The molecule has 0 bridgehead atoms. The standard InChI is InChI=1S/C2H5NO2.2Cu/c3-1-2(4)5;;/h1,3H2,(H,4,5);;. The Bertz CT molecular complexity index is 49.0. The van der Waals surface area contributed by atoms with Gasteiger partial charge in [-0.1, -0.05) is 0 Å².